The molecule has 2 aromatic rings. The fourth-order valence-corrected chi connectivity index (χ4v) is 3.14. The Morgan fingerprint density at radius 3 is 2.17 bits per heavy atom. The first-order valence-electron chi connectivity index (χ1n) is 9.21. The lowest BCUT2D eigenvalue weighted by molar-refractivity contribution is -0.137. The van der Waals surface area contributed by atoms with Crippen LogP contribution in [-0.4, -0.2) is 34.1 Å². The predicted octanol–water partition coefficient (Wildman–Crippen LogP) is 4.56. The molecule has 1 fully saturated rings. The third-order valence-corrected chi connectivity index (χ3v) is 4.61. The van der Waals surface area contributed by atoms with Gasteiger partial charge in [0.15, 0.2) is 0 Å². The largest absolute Gasteiger partial charge is 0.478 e. The molecule has 0 unspecified atom stereocenters. The highest BCUT2D eigenvalue weighted by atomic mass is 19.4. The van der Waals surface area contributed by atoms with Gasteiger partial charge in [-0.25, -0.2) is 14.8 Å². The summed E-state index contributed by atoms with van der Waals surface area (Å²) in [5.74, 6) is -0.508. The van der Waals surface area contributed by atoms with Gasteiger partial charge in [-0.05, 0) is 42.5 Å². The van der Waals surface area contributed by atoms with Crippen LogP contribution in [0.5, 0.6) is 0 Å². The number of hydrogen-bond donors (Lipinski definition) is 1. The molecule has 0 saturated carbocycles. The summed E-state index contributed by atoms with van der Waals surface area (Å²) in [6.45, 7) is 1.78. The lowest BCUT2D eigenvalue weighted by Crippen LogP contribution is -2.30. The van der Waals surface area contributed by atoms with E-state index in [-0.39, 0.29) is 0 Å². The Hall–Kier alpha value is -3.16. The molecule has 29 heavy (non-hydrogen) atoms. The molecule has 1 aromatic heterocycles. The molecule has 1 aliphatic rings. The molecule has 1 N–H and O–H groups in total. The quantitative estimate of drug-likeness (QED) is 0.586. The van der Waals surface area contributed by atoms with Crippen LogP contribution in [0, 0.1) is 0 Å². The van der Waals surface area contributed by atoms with Crippen molar-refractivity contribution in [3.05, 3.63) is 71.6 Å². The average Bonchev–Trinajstić information content (AvgIpc) is 2.71. The van der Waals surface area contributed by atoms with Gasteiger partial charge in [0.2, 0.25) is 5.95 Å². The van der Waals surface area contributed by atoms with Crippen molar-refractivity contribution >= 4 is 17.5 Å². The molecule has 152 valence electrons. The molecule has 1 aliphatic heterocycles. The number of piperidine rings is 1. The van der Waals surface area contributed by atoms with Crippen LogP contribution in [-0.2, 0) is 11.0 Å². The molecule has 0 radical (unpaired) electrons. The van der Waals surface area contributed by atoms with Crippen molar-refractivity contribution in [1.82, 2.24) is 9.97 Å². The Bertz CT molecular complexity index is 898. The van der Waals surface area contributed by atoms with E-state index in [2.05, 4.69) is 14.9 Å². The van der Waals surface area contributed by atoms with Gasteiger partial charge >= 0.3 is 12.1 Å². The molecule has 1 saturated heterocycles. The maximum atomic E-state index is 12.8. The summed E-state index contributed by atoms with van der Waals surface area (Å²) in [5.41, 5.74) is 0.864. The fourth-order valence-electron chi connectivity index (χ4n) is 3.14. The Morgan fingerprint density at radius 1 is 1.00 bits per heavy atom. The van der Waals surface area contributed by atoms with Crippen molar-refractivity contribution in [2.75, 3.05) is 18.0 Å². The lowest BCUT2D eigenvalue weighted by atomic mass is 9.98. The third kappa shape index (κ3) is 5.43. The zero-order valence-electron chi connectivity index (χ0n) is 15.6. The van der Waals surface area contributed by atoms with Crippen molar-refractivity contribution in [2.45, 2.75) is 25.4 Å². The lowest BCUT2D eigenvalue weighted by Gasteiger charge is -2.26. The second-order valence-corrected chi connectivity index (χ2v) is 6.67. The summed E-state index contributed by atoms with van der Waals surface area (Å²) < 4.78 is 38.5. The number of rotatable bonds is 5. The number of aromatic nitrogens is 2. The predicted molar refractivity (Wildman–Crippen MR) is 103 cm³/mol. The smallest absolute Gasteiger partial charge is 0.416 e. The SMILES string of the molecule is O=C(O)/C=C/C=C(/c1ccc(C(F)(F)F)cc1)c1cnc(N2CCCCC2)nc1. The molecule has 0 atom stereocenters. The Balaban J connectivity index is 1.92. The second-order valence-electron chi connectivity index (χ2n) is 6.67. The number of halogens is 3. The van der Waals surface area contributed by atoms with Crippen LogP contribution in [0.4, 0.5) is 19.1 Å². The maximum absolute atomic E-state index is 12.8. The summed E-state index contributed by atoms with van der Waals surface area (Å²) in [4.78, 5) is 21.7. The van der Waals surface area contributed by atoms with E-state index in [1.54, 1.807) is 12.4 Å². The Kier molecular flexibility index (Phi) is 6.31. The normalized spacial score (nSPS) is 15.7. The molecular formula is C21H20F3N3O2. The van der Waals surface area contributed by atoms with E-state index in [1.165, 1.54) is 30.7 Å². The number of anilines is 1. The molecule has 0 bridgehead atoms. The molecule has 2 heterocycles. The Morgan fingerprint density at radius 2 is 1.62 bits per heavy atom. The van der Waals surface area contributed by atoms with Crippen molar-refractivity contribution in [3.63, 3.8) is 0 Å². The van der Waals surface area contributed by atoms with Crippen molar-refractivity contribution < 1.29 is 23.1 Å². The highest BCUT2D eigenvalue weighted by molar-refractivity contribution is 5.83. The standard InChI is InChI=1S/C21H20F3N3O2/c22-21(23,24)17-9-7-15(8-10-17)18(5-4-6-19(28)29)16-13-25-20(26-14-16)27-11-2-1-3-12-27/h4-10,13-14H,1-3,11-12H2,(H,28,29)/b6-4+,18-5-. The van der Waals surface area contributed by atoms with Gasteiger partial charge in [0.05, 0.1) is 5.56 Å². The molecule has 0 amide bonds. The van der Waals surface area contributed by atoms with Crippen molar-refractivity contribution in [2.24, 2.45) is 0 Å². The number of benzene rings is 1. The van der Waals surface area contributed by atoms with Gasteiger partial charge in [-0.15, -0.1) is 0 Å². The Labute approximate surface area is 166 Å². The number of alkyl halides is 3. The summed E-state index contributed by atoms with van der Waals surface area (Å²) >= 11 is 0. The minimum atomic E-state index is -4.43. The van der Waals surface area contributed by atoms with E-state index in [9.17, 15) is 18.0 Å². The van der Waals surface area contributed by atoms with Crippen LogP contribution in [0.25, 0.3) is 5.57 Å². The van der Waals surface area contributed by atoms with Gasteiger partial charge in [-0.2, -0.15) is 13.2 Å². The number of carboxylic acid groups (broad SMARTS) is 1. The van der Waals surface area contributed by atoms with E-state index in [1.807, 2.05) is 0 Å². The first kappa shape index (κ1) is 20.6. The van der Waals surface area contributed by atoms with Crippen LogP contribution in [0.1, 0.15) is 36.0 Å². The molecule has 1 aromatic carbocycles. The van der Waals surface area contributed by atoms with Crippen LogP contribution in [0.15, 0.2) is 54.9 Å². The highest BCUT2D eigenvalue weighted by Gasteiger charge is 2.30. The van der Waals surface area contributed by atoms with E-state index in [4.69, 9.17) is 5.11 Å². The van der Waals surface area contributed by atoms with Crippen molar-refractivity contribution in [1.29, 1.82) is 0 Å². The second kappa shape index (κ2) is 8.89. The van der Waals surface area contributed by atoms with E-state index in [0.29, 0.717) is 22.6 Å². The molecule has 0 spiro atoms. The monoisotopic (exact) mass is 403 g/mol. The number of aliphatic carboxylic acids is 1. The summed E-state index contributed by atoms with van der Waals surface area (Å²) in [5, 5.41) is 8.80. The molecule has 5 nitrogen and oxygen atoms in total. The van der Waals surface area contributed by atoms with Crippen LogP contribution >= 0.6 is 0 Å². The van der Waals surface area contributed by atoms with E-state index >= 15 is 0 Å². The topological polar surface area (TPSA) is 66.3 Å². The number of carbonyl (C=O) groups is 1. The minimum Gasteiger partial charge on any atom is -0.478 e. The van der Waals surface area contributed by atoms with Crippen LogP contribution < -0.4 is 4.90 Å². The first-order valence-corrected chi connectivity index (χ1v) is 9.21. The number of hydrogen-bond acceptors (Lipinski definition) is 4. The fraction of sp³-hybridized carbons (Fsp3) is 0.286. The summed E-state index contributed by atoms with van der Waals surface area (Å²) in [7, 11) is 0. The summed E-state index contributed by atoms with van der Waals surface area (Å²) in [6.07, 6.45) is 5.95. The van der Waals surface area contributed by atoms with Gasteiger partial charge in [-0.3, -0.25) is 0 Å². The minimum absolute atomic E-state index is 0.502. The van der Waals surface area contributed by atoms with Gasteiger partial charge in [0, 0.05) is 37.1 Å². The zero-order chi connectivity index (χ0) is 20.9. The molecule has 3 rings (SSSR count). The molecular weight excluding hydrogens is 383 g/mol. The van der Waals surface area contributed by atoms with Gasteiger partial charge < -0.3 is 10.0 Å². The number of carboxylic acids is 1. The number of nitrogens with zero attached hydrogens (tertiary/aromatic N) is 3. The van der Waals surface area contributed by atoms with Crippen molar-refractivity contribution in [3.8, 4) is 0 Å². The van der Waals surface area contributed by atoms with Gasteiger partial charge in [0.1, 0.15) is 0 Å². The van der Waals surface area contributed by atoms with E-state index in [0.717, 1.165) is 44.1 Å². The third-order valence-electron chi connectivity index (χ3n) is 4.61. The van der Waals surface area contributed by atoms with Crippen LogP contribution in [0.2, 0.25) is 0 Å². The first-order chi connectivity index (χ1) is 13.8. The summed E-state index contributed by atoms with van der Waals surface area (Å²) in [6, 6.07) is 4.68. The number of allylic oxidation sites excluding steroid dienone is 2. The van der Waals surface area contributed by atoms with Gasteiger partial charge in [0.25, 0.3) is 0 Å². The zero-order valence-corrected chi connectivity index (χ0v) is 15.6. The van der Waals surface area contributed by atoms with Gasteiger partial charge in [-0.1, -0.05) is 24.3 Å². The molecule has 8 heteroatoms. The average molecular weight is 403 g/mol. The highest BCUT2D eigenvalue weighted by Crippen LogP contribution is 2.31. The maximum Gasteiger partial charge on any atom is 0.416 e. The van der Waals surface area contributed by atoms with E-state index < -0.39 is 17.7 Å². The molecule has 0 aliphatic carbocycles. The van der Waals surface area contributed by atoms with Crippen LogP contribution in [0.3, 0.4) is 0 Å².